The Morgan fingerprint density at radius 1 is 1.42 bits per heavy atom. The number of aliphatic hydroxyl groups is 1. The van der Waals surface area contributed by atoms with E-state index in [0.29, 0.717) is 12.8 Å². The number of likely N-dealkylation sites (tertiary alicyclic amines) is 1. The van der Waals surface area contributed by atoms with Crippen molar-refractivity contribution in [2.75, 3.05) is 19.8 Å². The van der Waals surface area contributed by atoms with Crippen LogP contribution in [0.15, 0.2) is 0 Å². The summed E-state index contributed by atoms with van der Waals surface area (Å²) < 4.78 is 11.5. The standard InChI is InChI=1S/C18H28N2O6/c1-5-25-16(24)12-11-15(23)20(8-9-21)13(14(22)19-10(2)3)18(11)7-6-17(12,4)26-18/h10-13,21H,5-9H2,1-4H3,(H,19,22)/t11-,12-,13?,17+,18?/m0/s1. The van der Waals surface area contributed by atoms with E-state index in [1.165, 1.54) is 4.90 Å². The Hall–Kier alpha value is -1.67. The van der Waals surface area contributed by atoms with Crippen LogP contribution in [0.25, 0.3) is 0 Å². The molecule has 5 atom stereocenters. The maximum absolute atomic E-state index is 13.2. The predicted octanol–water partition coefficient (Wildman–Crippen LogP) is -0.169. The first-order valence-corrected chi connectivity index (χ1v) is 9.30. The molecule has 2 bridgehead atoms. The minimum atomic E-state index is -1.04. The normalized spacial score (nSPS) is 38.0. The first kappa shape index (κ1) is 19.1. The monoisotopic (exact) mass is 368 g/mol. The van der Waals surface area contributed by atoms with Gasteiger partial charge in [-0.2, -0.15) is 0 Å². The first-order valence-electron chi connectivity index (χ1n) is 9.30. The number of carbonyl (C=O) groups excluding carboxylic acids is 3. The van der Waals surface area contributed by atoms with Gasteiger partial charge in [0.2, 0.25) is 11.8 Å². The Kier molecular flexibility index (Phi) is 4.77. The highest BCUT2D eigenvalue weighted by molar-refractivity contribution is 5.98. The zero-order valence-corrected chi connectivity index (χ0v) is 15.8. The molecule has 3 saturated heterocycles. The van der Waals surface area contributed by atoms with Crippen molar-refractivity contribution in [1.82, 2.24) is 10.2 Å². The molecule has 2 amide bonds. The molecule has 3 heterocycles. The second-order valence-electron chi connectivity index (χ2n) is 7.90. The first-order chi connectivity index (χ1) is 12.2. The van der Waals surface area contributed by atoms with E-state index in [1.54, 1.807) is 6.92 Å². The maximum atomic E-state index is 13.2. The van der Waals surface area contributed by atoms with E-state index in [0.717, 1.165) is 0 Å². The van der Waals surface area contributed by atoms with E-state index in [2.05, 4.69) is 5.32 Å². The maximum Gasteiger partial charge on any atom is 0.312 e. The topological polar surface area (TPSA) is 105 Å². The van der Waals surface area contributed by atoms with E-state index >= 15 is 0 Å². The number of nitrogens with one attached hydrogen (secondary N) is 1. The van der Waals surface area contributed by atoms with E-state index in [1.807, 2.05) is 20.8 Å². The molecule has 0 aromatic rings. The van der Waals surface area contributed by atoms with Gasteiger partial charge in [-0.15, -0.1) is 0 Å². The number of amides is 2. The molecule has 8 heteroatoms. The predicted molar refractivity (Wildman–Crippen MR) is 90.9 cm³/mol. The number of aliphatic hydroxyl groups excluding tert-OH is 1. The minimum Gasteiger partial charge on any atom is -0.466 e. The molecule has 3 aliphatic rings. The second kappa shape index (κ2) is 6.49. The van der Waals surface area contributed by atoms with Crippen LogP contribution in [0.5, 0.6) is 0 Å². The summed E-state index contributed by atoms with van der Waals surface area (Å²) in [7, 11) is 0. The summed E-state index contributed by atoms with van der Waals surface area (Å²) >= 11 is 0. The van der Waals surface area contributed by atoms with Crippen molar-refractivity contribution in [2.24, 2.45) is 11.8 Å². The van der Waals surface area contributed by atoms with Gasteiger partial charge in [0, 0.05) is 12.6 Å². The van der Waals surface area contributed by atoms with Gasteiger partial charge in [-0.05, 0) is 40.5 Å². The summed E-state index contributed by atoms with van der Waals surface area (Å²) in [6.07, 6.45) is 1.10. The smallest absolute Gasteiger partial charge is 0.312 e. The van der Waals surface area contributed by atoms with Crippen LogP contribution < -0.4 is 5.32 Å². The molecule has 2 unspecified atom stereocenters. The largest absolute Gasteiger partial charge is 0.466 e. The van der Waals surface area contributed by atoms with Gasteiger partial charge in [-0.25, -0.2) is 0 Å². The minimum absolute atomic E-state index is 0.0306. The van der Waals surface area contributed by atoms with Crippen LogP contribution in [-0.2, 0) is 23.9 Å². The molecule has 0 aliphatic carbocycles. The zero-order chi connectivity index (χ0) is 19.3. The Labute approximate surface area is 153 Å². The van der Waals surface area contributed by atoms with Crippen molar-refractivity contribution in [1.29, 1.82) is 0 Å². The van der Waals surface area contributed by atoms with Crippen molar-refractivity contribution >= 4 is 17.8 Å². The molecule has 3 fully saturated rings. The molecule has 2 N–H and O–H groups in total. The highest BCUT2D eigenvalue weighted by Crippen LogP contribution is 2.63. The summed E-state index contributed by atoms with van der Waals surface area (Å²) in [6.45, 7) is 7.22. The van der Waals surface area contributed by atoms with Crippen LogP contribution >= 0.6 is 0 Å². The van der Waals surface area contributed by atoms with E-state index in [-0.39, 0.29) is 37.6 Å². The highest BCUT2D eigenvalue weighted by atomic mass is 16.6. The van der Waals surface area contributed by atoms with E-state index in [9.17, 15) is 19.5 Å². The van der Waals surface area contributed by atoms with Gasteiger partial charge < -0.3 is 24.8 Å². The Morgan fingerprint density at radius 3 is 2.69 bits per heavy atom. The molecule has 0 aromatic heterocycles. The van der Waals surface area contributed by atoms with Crippen molar-refractivity contribution in [2.45, 2.75) is 63.8 Å². The molecule has 1 spiro atoms. The van der Waals surface area contributed by atoms with Gasteiger partial charge in [0.25, 0.3) is 0 Å². The zero-order valence-electron chi connectivity index (χ0n) is 15.8. The Bertz CT molecular complexity index is 623. The summed E-state index contributed by atoms with van der Waals surface area (Å²) in [5.74, 6) is -2.57. The lowest BCUT2D eigenvalue weighted by Crippen LogP contribution is -2.56. The molecule has 26 heavy (non-hydrogen) atoms. The van der Waals surface area contributed by atoms with Crippen molar-refractivity contribution < 1.29 is 29.0 Å². The van der Waals surface area contributed by atoms with Crippen LogP contribution in [-0.4, -0.2) is 70.8 Å². The number of carbonyl (C=O) groups is 3. The lowest BCUT2D eigenvalue weighted by atomic mass is 9.66. The number of hydrogen-bond acceptors (Lipinski definition) is 6. The molecular formula is C18H28N2O6. The molecule has 3 aliphatic heterocycles. The lowest BCUT2D eigenvalue weighted by Gasteiger charge is -2.33. The fraction of sp³-hybridized carbons (Fsp3) is 0.833. The molecule has 0 saturated carbocycles. The summed E-state index contributed by atoms with van der Waals surface area (Å²) in [5, 5.41) is 12.3. The van der Waals surface area contributed by atoms with Crippen LogP contribution in [0, 0.1) is 11.8 Å². The molecule has 8 nitrogen and oxygen atoms in total. The fourth-order valence-electron chi connectivity index (χ4n) is 5.03. The number of hydrogen-bond donors (Lipinski definition) is 2. The highest BCUT2D eigenvalue weighted by Gasteiger charge is 2.78. The van der Waals surface area contributed by atoms with Gasteiger partial charge in [0.05, 0.1) is 24.7 Å². The number of esters is 1. The Morgan fingerprint density at radius 2 is 2.12 bits per heavy atom. The van der Waals surface area contributed by atoms with Gasteiger partial charge in [0.15, 0.2) is 0 Å². The lowest BCUT2D eigenvalue weighted by molar-refractivity contribution is -0.159. The van der Waals surface area contributed by atoms with Crippen LogP contribution in [0.3, 0.4) is 0 Å². The number of β-amino-alcohol motifs (C(OH)–C–C–N with tert-alkyl or cyclic N) is 1. The number of rotatable bonds is 6. The SMILES string of the molecule is CCOC(=O)[C@@H]1[C@H]2C(=O)N(CCO)C(C(=O)NC(C)C)C23CC[C@@]1(C)O3. The third-order valence-electron chi connectivity index (χ3n) is 5.84. The number of ether oxygens (including phenoxy) is 2. The molecule has 0 aromatic carbocycles. The van der Waals surface area contributed by atoms with Crippen molar-refractivity contribution in [3.8, 4) is 0 Å². The van der Waals surface area contributed by atoms with Crippen LogP contribution in [0.4, 0.5) is 0 Å². The molecule has 0 radical (unpaired) electrons. The number of fused-ring (bicyclic) bond motifs is 1. The van der Waals surface area contributed by atoms with E-state index in [4.69, 9.17) is 9.47 Å². The van der Waals surface area contributed by atoms with Crippen LogP contribution in [0.2, 0.25) is 0 Å². The summed E-state index contributed by atoms with van der Waals surface area (Å²) in [4.78, 5) is 40.1. The fourth-order valence-corrected chi connectivity index (χ4v) is 5.03. The summed E-state index contributed by atoms with van der Waals surface area (Å²) in [6, 6.07) is -0.949. The molecule has 146 valence electrons. The summed E-state index contributed by atoms with van der Waals surface area (Å²) in [5.41, 5.74) is -1.86. The van der Waals surface area contributed by atoms with Gasteiger partial charge >= 0.3 is 5.97 Å². The van der Waals surface area contributed by atoms with Gasteiger partial charge in [-0.1, -0.05) is 0 Å². The van der Waals surface area contributed by atoms with Gasteiger partial charge in [0.1, 0.15) is 17.6 Å². The number of nitrogens with zero attached hydrogens (tertiary/aromatic N) is 1. The second-order valence-corrected chi connectivity index (χ2v) is 7.90. The Balaban J connectivity index is 2.03. The van der Waals surface area contributed by atoms with Crippen molar-refractivity contribution in [3.05, 3.63) is 0 Å². The average Bonchev–Trinajstić information content (AvgIpc) is 3.09. The van der Waals surface area contributed by atoms with E-state index < -0.39 is 35.0 Å². The third-order valence-corrected chi connectivity index (χ3v) is 5.84. The van der Waals surface area contributed by atoms with Gasteiger partial charge in [-0.3, -0.25) is 14.4 Å². The van der Waals surface area contributed by atoms with Crippen molar-refractivity contribution in [3.63, 3.8) is 0 Å². The average molecular weight is 368 g/mol. The quantitative estimate of drug-likeness (QED) is 0.631. The third kappa shape index (κ3) is 2.53. The molecule has 3 rings (SSSR count). The molecular weight excluding hydrogens is 340 g/mol. The van der Waals surface area contributed by atoms with Crippen LogP contribution in [0.1, 0.15) is 40.5 Å².